The van der Waals surface area contributed by atoms with E-state index >= 15 is 0 Å². The summed E-state index contributed by atoms with van der Waals surface area (Å²) in [6.07, 6.45) is 0.343. The van der Waals surface area contributed by atoms with Crippen LogP contribution in [0.25, 0.3) is 42.3 Å². The Morgan fingerprint density at radius 1 is 1.00 bits per heavy atom. The fraction of sp³-hybridized carbons (Fsp3) is 0.161. The second-order valence-corrected chi connectivity index (χ2v) is 12.7. The number of thiazole rings is 1. The second kappa shape index (κ2) is 10.7. The first kappa shape index (κ1) is 25.8. The van der Waals surface area contributed by atoms with Crippen LogP contribution < -0.4 is 5.32 Å². The third-order valence-corrected chi connectivity index (χ3v) is 10.1. The molecule has 0 spiro atoms. The lowest BCUT2D eigenvalue weighted by Gasteiger charge is -2.26. The van der Waals surface area contributed by atoms with Gasteiger partial charge in [0.1, 0.15) is 10.0 Å². The van der Waals surface area contributed by atoms with Crippen molar-refractivity contribution in [2.45, 2.75) is 19.9 Å². The minimum Gasteiger partial charge on any atom is -0.450 e. The van der Waals surface area contributed by atoms with E-state index in [1.54, 1.807) is 27.6 Å². The van der Waals surface area contributed by atoms with Crippen molar-refractivity contribution in [2.75, 3.05) is 18.5 Å². The molecule has 0 aliphatic carbocycles. The van der Waals surface area contributed by atoms with Gasteiger partial charge >= 0.3 is 6.09 Å². The van der Waals surface area contributed by atoms with Gasteiger partial charge in [-0.1, -0.05) is 36.4 Å². The molecule has 5 heterocycles. The number of para-hydroxylation sites is 2. The molecule has 0 radical (unpaired) electrons. The van der Waals surface area contributed by atoms with Crippen LogP contribution in [0.4, 0.5) is 9.80 Å². The van der Waals surface area contributed by atoms with Crippen LogP contribution in [0.15, 0.2) is 72.1 Å². The van der Waals surface area contributed by atoms with Crippen molar-refractivity contribution in [2.24, 2.45) is 0 Å². The number of benzene rings is 2. The molecule has 0 bridgehead atoms. The molecule has 7 rings (SSSR count). The summed E-state index contributed by atoms with van der Waals surface area (Å²) in [7, 11) is 0. The maximum atomic E-state index is 14.0. The monoisotopic (exact) mass is 596 g/mol. The molecule has 6 aromatic rings. The molecular formula is C31H24N4O3S3. The summed E-state index contributed by atoms with van der Waals surface area (Å²) in [4.78, 5) is 40.1. The van der Waals surface area contributed by atoms with Gasteiger partial charge in [-0.05, 0) is 54.6 Å². The summed E-state index contributed by atoms with van der Waals surface area (Å²) in [5, 5.41) is 7.65. The normalized spacial score (nSPS) is 13.0. The average Bonchev–Trinajstić information content (AvgIpc) is 3.74. The Morgan fingerprint density at radius 3 is 2.63 bits per heavy atom. The van der Waals surface area contributed by atoms with Gasteiger partial charge in [-0.3, -0.25) is 4.79 Å². The number of amides is 2. The van der Waals surface area contributed by atoms with Gasteiger partial charge in [0.15, 0.2) is 0 Å². The minimum atomic E-state index is -0.317. The van der Waals surface area contributed by atoms with Crippen molar-refractivity contribution < 1.29 is 14.3 Å². The van der Waals surface area contributed by atoms with Crippen molar-refractivity contribution in [3.63, 3.8) is 0 Å². The summed E-state index contributed by atoms with van der Waals surface area (Å²) in [5.74, 6) is -0.204. The molecule has 4 aromatic heterocycles. The third kappa shape index (κ3) is 4.77. The molecular weight excluding hydrogens is 573 g/mol. The number of carbonyl (C=O) groups is 2. The van der Waals surface area contributed by atoms with Crippen molar-refractivity contribution in [1.29, 1.82) is 0 Å². The molecule has 10 heteroatoms. The van der Waals surface area contributed by atoms with Gasteiger partial charge in [0.25, 0.3) is 5.91 Å². The zero-order valence-electron chi connectivity index (χ0n) is 22.0. The van der Waals surface area contributed by atoms with Gasteiger partial charge < -0.3 is 15.0 Å². The predicted molar refractivity (Wildman–Crippen MR) is 167 cm³/mol. The highest BCUT2D eigenvalue weighted by Gasteiger charge is 2.30. The molecule has 41 heavy (non-hydrogen) atoms. The van der Waals surface area contributed by atoms with Crippen LogP contribution in [0.3, 0.4) is 0 Å². The molecule has 0 fully saturated rings. The maximum Gasteiger partial charge on any atom is 0.410 e. The zero-order valence-corrected chi connectivity index (χ0v) is 24.5. The molecule has 1 aliphatic rings. The highest BCUT2D eigenvalue weighted by Crippen LogP contribution is 2.46. The van der Waals surface area contributed by atoms with E-state index in [0.717, 1.165) is 57.7 Å². The molecule has 0 atom stereocenters. The fourth-order valence-corrected chi connectivity index (χ4v) is 8.21. The number of aromatic nitrogens is 2. The summed E-state index contributed by atoms with van der Waals surface area (Å²) < 4.78 is 6.36. The predicted octanol–water partition coefficient (Wildman–Crippen LogP) is 8.07. The fourth-order valence-electron chi connectivity index (χ4n) is 5.15. The van der Waals surface area contributed by atoms with Gasteiger partial charge in [-0.15, -0.1) is 34.0 Å². The Bertz CT molecular complexity index is 1890. The molecule has 0 unspecified atom stereocenters. The lowest BCUT2D eigenvalue weighted by Crippen LogP contribution is -2.35. The lowest BCUT2D eigenvalue weighted by atomic mass is 10.0. The van der Waals surface area contributed by atoms with E-state index in [2.05, 4.69) is 11.4 Å². The Kier molecular flexibility index (Phi) is 6.74. The first-order chi connectivity index (χ1) is 20.1. The Labute approximate surface area is 248 Å². The summed E-state index contributed by atoms with van der Waals surface area (Å²) >= 11 is 4.72. The number of hydrogen-bond acceptors (Lipinski definition) is 8. The topological polar surface area (TPSA) is 84.4 Å². The zero-order chi connectivity index (χ0) is 27.9. The van der Waals surface area contributed by atoms with Gasteiger partial charge in [0.05, 0.1) is 45.0 Å². The Morgan fingerprint density at radius 2 is 1.83 bits per heavy atom. The van der Waals surface area contributed by atoms with Crippen LogP contribution in [0.2, 0.25) is 0 Å². The SMILES string of the molecule is CCOC(=O)N1CCc2c(sc(NC(=O)c3cc(-c4cccs4)nc4ccccc34)c2-c2nc3ccccc3s2)C1. The number of pyridine rings is 1. The molecule has 1 aliphatic heterocycles. The molecule has 204 valence electrons. The number of thiophene rings is 2. The number of hydrogen-bond donors (Lipinski definition) is 1. The number of carbonyl (C=O) groups excluding carboxylic acids is 2. The number of nitrogens with one attached hydrogen (secondary N) is 1. The average molecular weight is 597 g/mol. The maximum absolute atomic E-state index is 14.0. The first-order valence-electron chi connectivity index (χ1n) is 13.3. The van der Waals surface area contributed by atoms with Gasteiger partial charge in [0.2, 0.25) is 0 Å². The van der Waals surface area contributed by atoms with E-state index < -0.39 is 0 Å². The van der Waals surface area contributed by atoms with E-state index in [4.69, 9.17) is 14.7 Å². The van der Waals surface area contributed by atoms with Crippen LogP contribution in [0, 0.1) is 0 Å². The summed E-state index contributed by atoms with van der Waals surface area (Å²) in [6.45, 7) is 3.13. The van der Waals surface area contributed by atoms with Crippen molar-refractivity contribution in [3.05, 3.63) is 88.1 Å². The van der Waals surface area contributed by atoms with Gasteiger partial charge in [0, 0.05) is 22.4 Å². The van der Waals surface area contributed by atoms with E-state index in [0.29, 0.717) is 31.7 Å². The molecule has 2 aromatic carbocycles. The van der Waals surface area contributed by atoms with Crippen molar-refractivity contribution >= 4 is 72.1 Å². The molecule has 1 N–H and O–H groups in total. The van der Waals surface area contributed by atoms with Crippen LogP contribution >= 0.6 is 34.0 Å². The van der Waals surface area contributed by atoms with Crippen molar-refractivity contribution in [1.82, 2.24) is 14.9 Å². The number of rotatable bonds is 5. The summed E-state index contributed by atoms with van der Waals surface area (Å²) in [6, 6.07) is 21.6. The third-order valence-electron chi connectivity index (χ3n) is 7.05. The minimum absolute atomic E-state index is 0.204. The van der Waals surface area contributed by atoms with Crippen LogP contribution in [-0.2, 0) is 17.7 Å². The Balaban J connectivity index is 1.32. The van der Waals surface area contributed by atoms with Crippen molar-refractivity contribution in [3.8, 4) is 21.1 Å². The summed E-state index contributed by atoms with van der Waals surface area (Å²) in [5.41, 5.74) is 5.10. The molecule has 2 amide bonds. The highest BCUT2D eigenvalue weighted by molar-refractivity contribution is 7.23. The number of fused-ring (bicyclic) bond motifs is 3. The van der Waals surface area contributed by atoms with E-state index in [9.17, 15) is 9.59 Å². The Hall–Kier alpha value is -4.12. The highest BCUT2D eigenvalue weighted by atomic mass is 32.1. The largest absolute Gasteiger partial charge is 0.450 e. The number of nitrogens with zero attached hydrogens (tertiary/aromatic N) is 3. The number of ether oxygens (including phenoxy) is 1. The smallest absolute Gasteiger partial charge is 0.410 e. The van der Waals surface area contributed by atoms with E-state index in [1.165, 1.54) is 11.3 Å². The van der Waals surface area contributed by atoms with Crippen LogP contribution in [-0.4, -0.2) is 40.0 Å². The van der Waals surface area contributed by atoms with Gasteiger partial charge in [-0.2, -0.15) is 0 Å². The van der Waals surface area contributed by atoms with Gasteiger partial charge in [-0.25, -0.2) is 14.8 Å². The number of anilines is 1. The molecule has 7 nitrogen and oxygen atoms in total. The van der Waals surface area contributed by atoms with E-state index in [-0.39, 0.29) is 12.0 Å². The van der Waals surface area contributed by atoms with Crippen LogP contribution in [0.1, 0.15) is 27.7 Å². The standard InChI is InChI=1S/C31H24N4O3S3/c1-2-38-31(37)35-14-13-19-26(17-35)41-30(27(19)29-33-22-10-5-6-11-25(22)40-29)34-28(36)20-16-23(24-12-7-15-39-24)32-21-9-4-3-8-18(20)21/h3-12,15-16H,2,13-14,17H2,1H3,(H,34,36). The molecule has 0 saturated heterocycles. The quantitative estimate of drug-likeness (QED) is 0.218. The first-order valence-corrected chi connectivity index (χ1v) is 15.8. The lowest BCUT2D eigenvalue weighted by molar-refractivity contribution is 0.102. The van der Waals surface area contributed by atoms with E-state index in [1.807, 2.05) is 73.0 Å². The molecule has 0 saturated carbocycles. The van der Waals surface area contributed by atoms with Crippen LogP contribution in [0.5, 0.6) is 0 Å². The second-order valence-electron chi connectivity index (χ2n) is 9.57.